The molecular formula is C19H18N4O5. The van der Waals surface area contributed by atoms with E-state index in [0.717, 1.165) is 0 Å². The van der Waals surface area contributed by atoms with Crippen molar-refractivity contribution in [1.82, 2.24) is 4.98 Å². The third kappa shape index (κ3) is 3.89. The number of hydrogen-bond acceptors (Lipinski definition) is 8. The van der Waals surface area contributed by atoms with Gasteiger partial charge in [0.15, 0.2) is 17.6 Å². The first-order valence-electron chi connectivity index (χ1n) is 8.25. The zero-order valence-corrected chi connectivity index (χ0v) is 15.5. The second kappa shape index (κ2) is 8.60. The van der Waals surface area contributed by atoms with Crippen LogP contribution in [0.1, 0.15) is 25.0 Å². The van der Waals surface area contributed by atoms with Gasteiger partial charge in [-0.15, -0.1) is 0 Å². The van der Waals surface area contributed by atoms with Crippen LogP contribution in [0, 0.1) is 22.7 Å². The van der Waals surface area contributed by atoms with Crippen molar-refractivity contribution in [3.63, 3.8) is 0 Å². The minimum absolute atomic E-state index is 0.0322. The largest absolute Gasteiger partial charge is 0.490 e. The lowest BCUT2D eigenvalue weighted by molar-refractivity contribution is -0.147. The van der Waals surface area contributed by atoms with Gasteiger partial charge in [0, 0.05) is 5.56 Å². The summed E-state index contributed by atoms with van der Waals surface area (Å²) >= 11 is 0. The van der Waals surface area contributed by atoms with Gasteiger partial charge in [0.25, 0.3) is 5.56 Å². The smallest absolute Gasteiger partial charge is 0.346 e. The van der Waals surface area contributed by atoms with E-state index in [2.05, 4.69) is 9.72 Å². The van der Waals surface area contributed by atoms with Crippen LogP contribution in [0.2, 0.25) is 0 Å². The maximum atomic E-state index is 12.1. The van der Waals surface area contributed by atoms with E-state index in [9.17, 15) is 20.1 Å². The van der Waals surface area contributed by atoms with Crippen LogP contribution in [0.25, 0.3) is 11.1 Å². The number of carbonyl (C=O) groups excluding carboxylic acids is 1. The number of aromatic nitrogens is 1. The molecule has 0 amide bonds. The van der Waals surface area contributed by atoms with Crippen molar-refractivity contribution in [2.75, 3.05) is 19.5 Å². The van der Waals surface area contributed by atoms with E-state index in [1.54, 1.807) is 13.0 Å². The van der Waals surface area contributed by atoms with Crippen molar-refractivity contribution in [2.45, 2.75) is 20.0 Å². The molecule has 0 saturated heterocycles. The number of anilines is 1. The molecule has 1 aromatic heterocycles. The van der Waals surface area contributed by atoms with Crippen LogP contribution in [0.15, 0.2) is 23.0 Å². The second-order valence-electron chi connectivity index (χ2n) is 5.59. The first-order valence-corrected chi connectivity index (χ1v) is 8.25. The number of pyridine rings is 1. The van der Waals surface area contributed by atoms with Gasteiger partial charge >= 0.3 is 5.97 Å². The lowest BCUT2D eigenvalue weighted by Crippen LogP contribution is -2.25. The molecule has 28 heavy (non-hydrogen) atoms. The van der Waals surface area contributed by atoms with E-state index in [0.29, 0.717) is 12.2 Å². The van der Waals surface area contributed by atoms with Crippen LogP contribution >= 0.6 is 0 Å². The summed E-state index contributed by atoms with van der Waals surface area (Å²) in [6, 6.07) is 8.27. The fraction of sp³-hybridized carbons (Fsp3) is 0.263. The van der Waals surface area contributed by atoms with E-state index < -0.39 is 17.6 Å². The Morgan fingerprint density at radius 3 is 2.50 bits per heavy atom. The van der Waals surface area contributed by atoms with Crippen molar-refractivity contribution in [1.29, 1.82) is 10.5 Å². The van der Waals surface area contributed by atoms with Crippen molar-refractivity contribution in [2.24, 2.45) is 0 Å². The number of hydrogen-bond donors (Lipinski definition) is 2. The Balaban J connectivity index is 2.65. The number of ether oxygens (including phenoxy) is 3. The number of rotatable bonds is 6. The van der Waals surface area contributed by atoms with Crippen LogP contribution in [-0.4, -0.2) is 30.8 Å². The maximum absolute atomic E-state index is 12.1. The van der Waals surface area contributed by atoms with Gasteiger partial charge in [-0.1, -0.05) is 6.07 Å². The second-order valence-corrected chi connectivity index (χ2v) is 5.59. The molecule has 2 rings (SSSR count). The summed E-state index contributed by atoms with van der Waals surface area (Å²) in [5.41, 5.74) is 5.22. The van der Waals surface area contributed by atoms with Crippen LogP contribution in [0.4, 0.5) is 5.82 Å². The van der Waals surface area contributed by atoms with Crippen molar-refractivity contribution in [3.05, 3.63) is 39.7 Å². The fourth-order valence-electron chi connectivity index (χ4n) is 2.57. The highest BCUT2D eigenvalue weighted by Gasteiger charge is 2.21. The molecule has 1 heterocycles. The Kier molecular flexibility index (Phi) is 6.25. The molecule has 1 unspecified atom stereocenters. The summed E-state index contributed by atoms with van der Waals surface area (Å²) in [4.78, 5) is 26.0. The van der Waals surface area contributed by atoms with Crippen molar-refractivity contribution >= 4 is 11.8 Å². The summed E-state index contributed by atoms with van der Waals surface area (Å²) in [6.07, 6.45) is -0.880. The predicted molar refractivity (Wildman–Crippen MR) is 99.6 cm³/mol. The average Bonchev–Trinajstić information content (AvgIpc) is 2.68. The van der Waals surface area contributed by atoms with Gasteiger partial charge in [-0.05, 0) is 31.5 Å². The van der Waals surface area contributed by atoms with Gasteiger partial charge in [-0.3, -0.25) is 4.79 Å². The molecule has 0 aliphatic heterocycles. The Bertz CT molecular complexity index is 1050. The first kappa shape index (κ1) is 20.3. The minimum Gasteiger partial charge on any atom is -0.490 e. The summed E-state index contributed by atoms with van der Waals surface area (Å²) in [5, 5.41) is 18.8. The van der Waals surface area contributed by atoms with Gasteiger partial charge in [-0.25, -0.2) is 4.79 Å². The Labute approximate surface area is 160 Å². The fourth-order valence-corrected chi connectivity index (χ4v) is 2.57. The standard InChI is InChI=1S/C19H18N4O5/c1-4-27-15-7-11(5-6-14(15)28-10(2)19(25)26-3)16-12(8-20)17(22)23-18(24)13(16)9-21/h5-7,10H,4H2,1-3H3,(H3,22,23,24). The van der Waals surface area contributed by atoms with Crippen LogP contribution in [0.3, 0.4) is 0 Å². The number of nitrogens with zero attached hydrogens (tertiary/aromatic N) is 2. The number of nitriles is 2. The molecule has 0 saturated carbocycles. The van der Waals surface area contributed by atoms with Gasteiger partial charge in [0.05, 0.1) is 13.7 Å². The number of H-pyrrole nitrogens is 1. The molecule has 0 bridgehead atoms. The number of aromatic amines is 1. The molecule has 9 nitrogen and oxygen atoms in total. The number of nitrogen functional groups attached to an aromatic ring is 1. The van der Waals surface area contributed by atoms with E-state index in [1.165, 1.54) is 32.2 Å². The molecule has 0 fully saturated rings. The summed E-state index contributed by atoms with van der Waals surface area (Å²) in [7, 11) is 1.25. The Morgan fingerprint density at radius 2 is 1.93 bits per heavy atom. The normalized spacial score (nSPS) is 11.0. The summed E-state index contributed by atoms with van der Waals surface area (Å²) in [5.74, 6) is -0.174. The zero-order chi connectivity index (χ0) is 20.8. The van der Waals surface area contributed by atoms with Crippen molar-refractivity contribution < 1.29 is 19.0 Å². The highest BCUT2D eigenvalue weighted by molar-refractivity contribution is 5.81. The molecule has 9 heteroatoms. The highest BCUT2D eigenvalue weighted by atomic mass is 16.6. The third-order valence-corrected chi connectivity index (χ3v) is 3.84. The number of nitrogens with two attached hydrogens (primary N) is 1. The molecule has 1 atom stereocenters. The highest BCUT2D eigenvalue weighted by Crippen LogP contribution is 2.36. The average molecular weight is 382 g/mol. The van der Waals surface area contributed by atoms with Gasteiger partial charge < -0.3 is 24.9 Å². The molecule has 0 aliphatic carbocycles. The summed E-state index contributed by atoms with van der Waals surface area (Å²) in [6.45, 7) is 3.57. The van der Waals surface area contributed by atoms with E-state index in [1.807, 2.05) is 6.07 Å². The molecule has 2 aromatic rings. The van der Waals surface area contributed by atoms with E-state index >= 15 is 0 Å². The molecule has 0 radical (unpaired) electrons. The maximum Gasteiger partial charge on any atom is 0.346 e. The molecule has 0 aliphatic rings. The first-order chi connectivity index (χ1) is 13.4. The van der Waals surface area contributed by atoms with Gasteiger partial charge in [0.2, 0.25) is 0 Å². The number of esters is 1. The Hall–Kier alpha value is -3.98. The zero-order valence-electron chi connectivity index (χ0n) is 15.5. The van der Waals surface area contributed by atoms with E-state index in [-0.39, 0.29) is 34.0 Å². The quantitative estimate of drug-likeness (QED) is 0.716. The van der Waals surface area contributed by atoms with Crippen LogP contribution in [0.5, 0.6) is 11.5 Å². The topological polar surface area (TPSA) is 151 Å². The predicted octanol–water partition coefficient (Wildman–Crippen LogP) is 1.71. The molecule has 144 valence electrons. The lowest BCUT2D eigenvalue weighted by Gasteiger charge is -2.17. The van der Waals surface area contributed by atoms with Gasteiger partial charge in [0.1, 0.15) is 29.1 Å². The number of benzene rings is 1. The third-order valence-electron chi connectivity index (χ3n) is 3.84. The molecule has 0 spiro atoms. The van der Waals surface area contributed by atoms with E-state index in [4.69, 9.17) is 15.2 Å². The number of methoxy groups -OCH3 is 1. The molecule has 1 aromatic carbocycles. The molecule has 3 N–H and O–H groups in total. The number of carbonyl (C=O) groups is 1. The lowest BCUT2D eigenvalue weighted by atomic mass is 9.96. The van der Waals surface area contributed by atoms with Gasteiger partial charge in [-0.2, -0.15) is 10.5 Å². The summed E-state index contributed by atoms with van der Waals surface area (Å²) < 4.78 is 15.8. The SMILES string of the molecule is CCOc1cc(-c2c(C#N)c(N)[nH]c(=O)c2C#N)ccc1OC(C)C(=O)OC. The number of nitrogens with one attached hydrogen (secondary N) is 1. The minimum atomic E-state index is -0.880. The Morgan fingerprint density at radius 1 is 1.25 bits per heavy atom. The monoisotopic (exact) mass is 382 g/mol. The molecular weight excluding hydrogens is 364 g/mol. The van der Waals surface area contributed by atoms with Crippen LogP contribution < -0.4 is 20.8 Å². The van der Waals surface area contributed by atoms with Crippen molar-refractivity contribution in [3.8, 4) is 34.8 Å². The van der Waals surface area contributed by atoms with Crippen LogP contribution in [-0.2, 0) is 9.53 Å².